The van der Waals surface area contributed by atoms with Crippen molar-refractivity contribution < 1.29 is 9.53 Å². The summed E-state index contributed by atoms with van der Waals surface area (Å²) in [4.78, 5) is 12.0. The molecule has 2 aromatic carbocycles. The van der Waals surface area contributed by atoms with E-state index in [0.29, 0.717) is 17.9 Å². The van der Waals surface area contributed by atoms with E-state index in [1.54, 1.807) is 19.2 Å². The average Bonchev–Trinajstić information content (AvgIpc) is 2.43. The number of nitrogens with one attached hydrogen (secondary N) is 1. The summed E-state index contributed by atoms with van der Waals surface area (Å²) in [6.07, 6.45) is 0.340. The molecular weight excluding hydrogens is 252 g/mol. The van der Waals surface area contributed by atoms with Crippen LogP contribution in [-0.4, -0.2) is 13.0 Å². The Kier molecular flexibility index (Phi) is 4.25. The van der Waals surface area contributed by atoms with Gasteiger partial charge in [-0.05, 0) is 24.1 Å². The van der Waals surface area contributed by atoms with Crippen molar-refractivity contribution in [3.63, 3.8) is 0 Å². The molecule has 0 unspecified atom stereocenters. The zero-order chi connectivity index (χ0) is 14.5. The second kappa shape index (κ2) is 6.10. The number of aryl methyl sites for hydroxylation is 1. The Labute approximate surface area is 118 Å². The van der Waals surface area contributed by atoms with Crippen LogP contribution in [0.2, 0.25) is 0 Å². The van der Waals surface area contributed by atoms with Gasteiger partial charge in [0.25, 0.3) is 0 Å². The SMILES string of the molecule is COc1cc(NC(=O)Cc2ccccc2)c(C)cc1N. The molecule has 0 saturated carbocycles. The minimum atomic E-state index is -0.0638. The summed E-state index contributed by atoms with van der Waals surface area (Å²) < 4.78 is 5.16. The van der Waals surface area contributed by atoms with Gasteiger partial charge < -0.3 is 15.8 Å². The molecule has 0 aliphatic rings. The number of hydrogen-bond donors (Lipinski definition) is 2. The first-order valence-corrected chi connectivity index (χ1v) is 6.38. The maximum absolute atomic E-state index is 12.0. The fraction of sp³-hybridized carbons (Fsp3) is 0.188. The maximum atomic E-state index is 12.0. The lowest BCUT2D eigenvalue weighted by Gasteiger charge is -2.12. The van der Waals surface area contributed by atoms with Crippen LogP contribution in [-0.2, 0) is 11.2 Å². The number of rotatable bonds is 4. The van der Waals surface area contributed by atoms with Gasteiger partial charge in [-0.2, -0.15) is 0 Å². The van der Waals surface area contributed by atoms with E-state index in [0.717, 1.165) is 16.8 Å². The third-order valence-corrected chi connectivity index (χ3v) is 3.06. The van der Waals surface area contributed by atoms with E-state index in [4.69, 9.17) is 10.5 Å². The molecule has 0 saturated heterocycles. The first kappa shape index (κ1) is 13.9. The summed E-state index contributed by atoms with van der Waals surface area (Å²) in [5, 5.41) is 2.89. The van der Waals surface area contributed by atoms with Crippen LogP contribution in [0.1, 0.15) is 11.1 Å². The molecule has 4 heteroatoms. The van der Waals surface area contributed by atoms with Gasteiger partial charge in [0.05, 0.1) is 19.2 Å². The quantitative estimate of drug-likeness (QED) is 0.840. The lowest BCUT2D eigenvalue weighted by Crippen LogP contribution is -2.15. The largest absolute Gasteiger partial charge is 0.495 e. The zero-order valence-corrected chi connectivity index (χ0v) is 11.6. The number of amides is 1. The van der Waals surface area contributed by atoms with Gasteiger partial charge in [-0.25, -0.2) is 0 Å². The molecule has 0 heterocycles. The molecule has 0 aliphatic heterocycles. The highest BCUT2D eigenvalue weighted by Crippen LogP contribution is 2.28. The second-order valence-corrected chi connectivity index (χ2v) is 4.62. The van der Waals surface area contributed by atoms with E-state index in [-0.39, 0.29) is 5.91 Å². The fourth-order valence-electron chi connectivity index (χ4n) is 2.00. The van der Waals surface area contributed by atoms with Gasteiger partial charge in [0.2, 0.25) is 5.91 Å². The monoisotopic (exact) mass is 270 g/mol. The highest BCUT2D eigenvalue weighted by atomic mass is 16.5. The summed E-state index contributed by atoms with van der Waals surface area (Å²) in [7, 11) is 1.55. The Morgan fingerprint density at radius 1 is 1.25 bits per heavy atom. The van der Waals surface area contributed by atoms with Crippen molar-refractivity contribution in [3.8, 4) is 5.75 Å². The molecule has 1 amide bonds. The normalized spacial score (nSPS) is 10.1. The molecule has 0 spiro atoms. The van der Waals surface area contributed by atoms with Crippen molar-refractivity contribution in [2.45, 2.75) is 13.3 Å². The molecule has 4 nitrogen and oxygen atoms in total. The van der Waals surface area contributed by atoms with Crippen molar-refractivity contribution in [2.75, 3.05) is 18.2 Å². The molecule has 2 rings (SSSR count). The number of methoxy groups -OCH3 is 1. The van der Waals surface area contributed by atoms with Crippen LogP contribution in [0, 0.1) is 6.92 Å². The Morgan fingerprint density at radius 3 is 2.60 bits per heavy atom. The molecule has 104 valence electrons. The first-order chi connectivity index (χ1) is 9.60. The lowest BCUT2D eigenvalue weighted by molar-refractivity contribution is -0.115. The van der Waals surface area contributed by atoms with Gasteiger partial charge in [-0.1, -0.05) is 30.3 Å². The van der Waals surface area contributed by atoms with Crippen LogP contribution in [0.3, 0.4) is 0 Å². The van der Waals surface area contributed by atoms with Gasteiger partial charge in [-0.15, -0.1) is 0 Å². The standard InChI is InChI=1S/C16H18N2O2/c1-11-8-13(17)15(20-2)10-14(11)18-16(19)9-12-6-4-3-5-7-12/h3-8,10H,9,17H2,1-2H3,(H,18,19). The molecule has 2 aromatic rings. The number of benzene rings is 2. The molecule has 0 atom stereocenters. The second-order valence-electron chi connectivity index (χ2n) is 4.62. The predicted molar refractivity (Wildman–Crippen MR) is 80.9 cm³/mol. The Balaban J connectivity index is 2.12. The van der Waals surface area contributed by atoms with E-state index < -0.39 is 0 Å². The molecule has 3 N–H and O–H groups in total. The lowest BCUT2D eigenvalue weighted by atomic mass is 10.1. The third kappa shape index (κ3) is 3.29. The van der Waals surface area contributed by atoms with Gasteiger partial charge in [0.15, 0.2) is 0 Å². The third-order valence-electron chi connectivity index (χ3n) is 3.06. The van der Waals surface area contributed by atoms with Crippen molar-refractivity contribution in [2.24, 2.45) is 0 Å². The van der Waals surface area contributed by atoms with E-state index in [1.165, 1.54) is 0 Å². The van der Waals surface area contributed by atoms with Crippen LogP contribution in [0.4, 0.5) is 11.4 Å². The Hall–Kier alpha value is -2.49. The number of carbonyl (C=O) groups is 1. The number of hydrogen-bond acceptors (Lipinski definition) is 3. The summed E-state index contributed by atoms with van der Waals surface area (Å²) in [6, 6.07) is 13.1. The van der Waals surface area contributed by atoms with Crippen molar-refractivity contribution in [3.05, 3.63) is 53.6 Å². The zero-order valence-electron chi connectivity index (χ0n) is 11.6. The molecule has 0 radical (unpaired) electrons. The predicted octanol–water partition coefficient (Wildman–Crippen LogP) is 2.77. The average molecular weight is 270 g/mol. The smallest absolute Gasteiger partial charge is 0.228 e. The minimum Gasteiger partial charge on any atom is -0.495 e. The summed E-state index contributed by atoms with van der Waals surface area (Å²) in [5.41, 5.74) is 8.98. The van der Waals surface area contributed by atoms with Gasteiger partial charge >= 0.3 is 0 Å². The molecule has 0 aliphatic carbocycles. The number of ether oxygens (including phenoxy) is 1. The first-order valence-electron chi connectivity index (χ1n) is 6.38. The number of anilines is 2. The topological polar surface area (TPSA) is 64.3 Å². The van der Waals surface area contributed by atoms with Crippen molar-refractivity contribution in [1.82, 2.24) is 0 Å². The van der Waals surface area contributed by atoms with Crippen molar-refractivity contribution >= 4 is 17.3 Å². The van der Waals surface area contributed by atoms with Crippen LogP contribution in [0.25, 0.3) is 0 Å². The summed E-state index contributed by atoms with van der Waals surface area (Å²) >= 11 is 0. The van der Waals surface area contributed by atoms with E-state index in [1.807, 2.05) is 37.3 Å². The number of carbonyl (C=O) groups excluding carboxylic acids is 1. The highest BCUT2D eigenvalue weighted by Gasteiger charge is 2.09. The number of nitrogens with two attached hydrogens (primary N) is 1. The molecule has 20 heavy (non-hydrogen) atoms. The van der Waals surface area contributed by atoms with E-state index in [2.05, 4.69) is 5.32 Å². The van der Waals surface area contributed by atoms with E-state index >= 15 is 0 Å². The van der Waals surface area contributed by atoms with Crippen LogP contribution in [0.5, 0.6) is 5.75 Å². The molecule has 0 bridgehead atoms. The summed E-state index contributed by atoms with van der Waals surface area (Å²) in [5.74, 6) is 0.497. The minimum absolute atomic E-state index is 0.0638. The molecule has 0 fully saturated rings. The Morgan fingerprint density at radius 2 is 1.95 bits per heavy atom. The highest BCUT2D eigenvalue weighted by molar-refractivity contribution is 5.93. The summed E-state index contributed by atoms with van der Waals surface area (Å²) in [6.45, 7) is 1.90. The van der Waals surface area contributed by atoms with Crippen LogP contribution >= 0.6 is 0 Å². The fourth-order valence-corrected chi connectivity index (χ4v) is 2.00. The maximum Gasteiger partial charge on any atom is 0.228 e. The number of nitrogen functional groups attached to an aromatic ring is 1. The van der Waals surface area contributed by atoms with Crippen molar-refractivity contribution in [1.29, 1.82) is 0 Å². The van der Waals surface area contributed by atoms with Gasteiger partial charge in [-0.3, -0.25) is 4.79 Å². The molecular formula is C16H18N2O2. The van der Waals surface area contributed by atoms with E-state index in [9.17, 15) is 4.79 Å². The van der Waals surface area contributed by atoms with Crippen LogP contribution < -0.4 is 15.8 Å². The Bertz CT molecular complexity index is 609. The van der Waals surface area contributed by atoms with Crippen LogP contribution in [0.15, 0.2) is 42.5 Å². The van der Waals surface area contributed by atoms with Gasteiger partial charge in [0, 0.05) is 11.8 Å². The molecule has 0 aromatic heterocycles. The van der Waals surface area contributed by atoms with Gasteiger partial charge in [0.1, 0.15) is 5.75 Å².